The zero-order chi connectivity index (χ0) is 22.9. The highest BCUT2D eigenvalue weighted by atomic mass is 19.4. The van der Waals surface area contributed by atoms with Crippen molar-refractivity contribution in [2.24, 2.45) is 0 Å². The number of anilines is 2. The van der Waals surface area contributed by atoms with Crippen molar-refractivity contribution in [3.05, 3.63) is 46.5 Å². The van der Waals surface area contributed by atoms with E-state index in [1.54, 1.807) is 18.2 Å². The summed E-state index contributed by atoms with van der Waals surface area (Å²) < 4.78 is 48.2. The van der Waals surface area contributed by atoms with Crippen LogP contribution < -0.4 is 15.4 Å². The molecular formula is C21H24F3N5O3. The topological polar surface area (TPSA) is 80.6 Å². The van der Waals surface area contributed by atoms with Crippen molar-refractivity contribution in [1.82, 2.24) is 14.5 Å². The number of hydrogen-bond acceptors (Lipinski definition) is 7. The Morgan fingerprint density at radius 2 is 2.09 bits per heavy atom. The van der Waals surface area contributed by atoms with Gasteiger partial charge in [0, 0.05) is 31.0 Å². The number of morpholine rings is 1. The van der Waals surface area contributed by atoms with E-state index in [9.17, 15) is 22.8 Å². The van der Waals surface area contributed by atoms with Crippen molar-refractivity contribution in [2.75, 3.05) is 36.1 Å². The van der Waals surface area contributed by atoms with Crippen LogP contribution >= 0.6 is 0 Å². The minimum absolute atomic E-state index is 0.0834. The maximum absolute atomic E-state index is 13.9. The Labute approximate surface area is 182 Å². The Balaban J connectivity index is 1.69. The predicted molar refractivity (Wildman–Crippen MR) is 111 cm³/mol. The molecule has 0 bridgehead atoms. The van der Waals surface area contributed by atoms with Crippen molar-refractivity contribution in [2.45, 2.75) is 44.6 Å². The molecule has 11 heteroatoms. The number of carbonyl (C=O) groups is 1. The van der Waals surface area contributed by atoms with E-state index < -0.39 is 30.1 Å². The third-order valence-electron chi connectivity index (χ3n) is 5.72. The van der Waals surface area contributed by atoms with Crippen molar-refractivity contribution in [3.8, 4) is 0 Å². The molecule has 0 radical (unpaired) electrons. The molecule has 4 rings (SSSR count). The largest absolute Gasteiger partial charge is 0.408 e. The van der Waals surface area contributed by atoms with Crippen molar-refractivity contribution in [3.63, 3.8) is 0 Å². The van der Waals surface area contributed by atoms with E-state index in [0.29, 0.717) is 31.3 Å². The fraction of sp³-hybridized carbons (Fsp3) is 0.524. The molecule has 0 N–H and O–H groups in total. The van der Waals surface area contributed by atoms with Crippen LogP contribution in [0.3, 0.4) is 0 Å². The van der Waals surface area contributed by atoms with Crippen LogP contribution in [0.2, 0.25) is 0 Å². The summed E-state index contributed by atoms with van der Waals surface area (Å²) in [5, 5.41) is 0. The quantitative estimate of drug-likeness (QED) is 0.686. The van der Waals surface area contributed by atoms with E-state index in [1.165, 1.54) is 16.8 Å². The summed E-state index contributed by atoms with van der Waals surface area (Å²) in [7, 11) is 0. The number of Topliss-reactive ketones (excluding diaryl/α,β-unsaturated/α-hetero) is 1. The Morgan fingerprint density at radius 1 is 1.28 bits per heavy atom. The lowest BCUT2D eigenvalue weighted by Gasteiger charge is -2.40. The van der Waals surface area contributed by atoms with Gasteiger partial charge in [0.15, 0.2) is 5.78 Å². The lowest BCUT2D eigenvalue weighted by Crippen LogP contribution is -2.54. The van der Waals surface area contributed by atoms with Gasteiger partial charge in [-0.3, -0.25) is 19.1 Å². The molecule has 2 aromatic rings. The molecule has 0 aliphatic carbocycles. The van der Waals surface area contributed by atoms with E-state index in [1.807, 2.05) is 11.8 Å². The molecule has 0 saturated carbocycles. The Hall–Kier alpha value is -2.95. The maximum atomic E-state index is 13.9. The zero-order valence-corrected chi connectivity index (χ0v) is 17.6. The van der Waals surface area contributed by atoms with Crippen molar-refractivity contribution in [1.29, 1.82) is 0 Å². The van der Waals surface area contributed by atoms with E-state index in [-0.39, 0.29) is 31.4 Å². The fourth-order valence-electron chi connectivity index (χ4n) is 4.14. The highest BCUT2D eigenvalue weighted by molar-refractivity contribution is 5.85. The van der Waals surface area contributed by atoms with Crippen LogP contribution in [0.1, 0.15) is 19.0 Å². The zero-order valence-electron chi connectivity index (χ0n) is 17.6. The molecule has 1 fully saturated rings. The van der Waals surface area contributed by atoms with Gasteiger partial charge >= 0.3 is 6.18 Å². The highest BCUT2D eigenvalue weighted by Crippen LogP contribution is 2.34. The van der Waals surface area contributed by atoms with Gasteiger partial charge in [-0.1, -0.05) is 6.07 Å². The number of hydrogen-bond donors (Lipinski definition) is 0. The summed E-state index contributed by atoms with van der Waals surface area (Å²) in [5.41, 5.74) is 0.0331. The summed E-state index contributed by atoms with van der Waals surface area (Å²) in [4.78, 5) is 36.8. The normalized spacial score (nSPS) is 21.4. The number of rotatable bonds is 5. The lowest BCUT2D eigenvalue weighted by molar-refractivity contribution is -0.153. The molecule has 2 aliphatic rings. The Morgan fingerprint density at radius 3 is 2.78 bits per heavy atom. The molecule has 4 heterocycles. The van der Waals surface area contributed by atoms with E-state index >= 15 is 0 Å². The first kappa shape index (κ1) is 22.3. The van der Waals surface area contributed by atoms with Gasteiger partial charge in [0.05, 0.1) is 32.2 Å². The number of alkyl halides is 3. The molecule has 0 amide bonds. The third-order valence-corrected chi connectivity index (χ3v) is 5.72. The van der Waals surface area contributed by atoms with Gasteiger partial charge in [-0.05, 0) is 25.5 Å². The second kappa shape index (κ2) is 8.89. The van der Waals surface area contributed by atoms with Crippen LogP contribution in [-0.4, -0.2) is 64.9 Å². The average molecular weight is 451 g/mol. The van der Waals surface area contributed by atoms with E-state index in [2.05, 4.69) is 9.97 Å². The van der Waals surface area contributed by atoms with Crippen LogP contribution in [0.4, 0.5) is 24.9 Å². The molecule has 0 aromatic carbocycles. The summed E-state index contributed by atoms with van der Waals surface area (Å²) in [6, 6.07) is 4.40. The summed E-state index contributed by atoms with van der Waals surface area (Å²) in [6.45, 7) is 2.59. The number of pyridine rings is 1. The predicted octanol–water partition coefficient (Wildman–Crippen LogP) is 1.82. The first-order chi connectivity index (χ1) is 15.2. The minimum Gasteiger partial charge on any atom is -0.377 e. The second-order valence-corrected chi connectivity index (χ2v) is 8.03. The van der Waals surface area contributed by atoms with Crippen LogP contribution in [0.5, 0.6) is 0 Å². The van der Waals surface area contributed by atoms with Gasteiger partial charge in [-0.25, -0.2) is 0 Å². The van der Waals surface area contributed by atoms with Crippen LogP contribution in [0, 0.1) is 0 Å². The summed E-state index contributed by atoms with van der Waals surface area (Å²) in [6.07, 6.45) is -3.49. The monoisotopic (exact) mass is 451 g/mol. The van der Waals surface area contributed by atoms with Crippen molar-refractivity contribution < 1.29 is 22.7 Å². The summed E-state index contributed by atoms with van der Waals surface area (Å²) in [5.74, 6) is -0.276. The number of nitrogens with zero attached hydrogens (tertiary/aromatic N) is 5. The molecule has 2 aliphatic heterocycles. The third kappa shape index (κ3) is 4.62. The molecular weight excluding hydrogens is 427 g/mol. The van der Waals surface area contributed by atoms with E-state index in [4.69, 9.17) is 4.74 Å². The maximum Gasteiger partial charge on any atom is 0.408 e. The van der Waals surface area contributed by atoms with Crippen LogP contribution in [0.25, 0.3) is 0 Å². The van der Waals surface area contributed by atoms with Gasteiger partial charge in [-0.2, -0.15) is 18.2 Å². The second-order valence-electron chi connectivity index (χ2n) is 8.03. The molecule has 2 aromatic heterocycles. The van der Waals surface area contributed by atoms with Crippen molar-refractivity contribution >= 4 is 17.5 Å². The van der Waals surface area contributed by atoms with Gasteiger partial charge in [0.2, 0.25) is 5.95 Å². The van der Waals surface area contributed by atoms with Crippen LogP contribution in [0.15, 0.2) is 35.3 Å². The number of fused-ring (bicyclic) bond motifs is 1. The van der Waals surface area contributed by atoms with Gasteiger partial charge < -0.3 is 14.5 Å². The Bertz CT molecular complexity index is 1030. The highest BCUT2D eigenvalue weighted by Gasteiger charge is 2.47. The molecule has 32 heavy (non-hydrogen) atoms. The fourth-order valence-corrected chi connectivity index (χ4v) is 4.14. The van der Waals surface area contributed by atoms with E-state index in [0.717, 1.165) is 4.90 Å². The average Bonchev–Trinajstić information content (AvgIpc) is 2.74. The SMILES string of the molecule is C[C@@H]1COCCN1c1cc(=O)n2c(n1)N(CC(=O)Cc1ccccn1)C(C(F)(F)F)CC2. The van der Waals surface area contributed by atoms with Crippen LogP contribution in [-0.2, 0) is 22.5 Å². The minimum atomic E-state index is -4.57. The molecule has 2 atom stereocenters. The summed E-state index contributed by atoms with van der Waals surface area (Å²) >= 11 is 0. The first-order valence-corrected chi connectivity index (χ1v) is 10.5. The lowest BCUT2D eigenvalue weighted by atomic mass is 10.1. The molecule has 1 unspecified atom stereocenters. The van der Waals surface area contributed by atoms with Gasteiger partial charge in [0.1, 0.15) is 11.9 Å². The number of ketones is 1. The van der Waals surface area contributed by atoms with Gasteiger partial charge in [-0.15, -0.1) is 0 Å². The molecule has 1 saturated heterocycles. The number of ether oxygens (including phenoxy) is 1. The number of halogens is 3. The molecule has 172 valence electrons. The number of aromatic nitrogens is 3. The molecule has 8 nitrogen and oxygen atoms in total. The standard InChI is InChI=1S/C21H24F3N5O3/c1-14-13-32-9-8-27(14)18-11-19(31)28-7-5-17(21(22,23)24)29(20(28)26-18)12-16(30)10-15-4-2-3-6-25-15/h2-4,6,11,14,17H,5,7-10,12-13H2,1H3/t14-,17?/m1/s1. The smallest absolute Gasteiger partial charge is 0.377 e. The molecule has 0 spiro atoms. The number of carbonyl (C=O) groups excluding carboxylic acids is 1. The Kier molecular flexibility index (Phi) is 6.18. The first-order valence-electron chi connectivity index (χ1n) is 10.5. The van der Waals surface area contributed by atoms with Gasteiger partial charge in [0.25, 0.3) is 5.56 Å².